The van der Waals surface area contributed by atoms with Gasteiger partial charge in [-0.05, 0) is 51.5 Å². The van der Waals surface area contributed by atoms with Gasteiger partial charge in [0.1, 0.15) is 0 Å². The highest BCUT2D eigenvalue weighted by Crippen LogP contribution is 2.19. The number of nitrogens with one attached hydrogen (secondary N) is 1. The Balaban J connectivity index is 1.68. The minimum Gasteiger partial charge on any atom is -0.449 e. The molecule has 2 aromatic carbocycles. The summed E-state index contributed by atoms with van der Waals surface area (Å²) in [7, 11) is 0. The molecule has 6 nitrogen and oxygen atoms in total. The van der Waals surface area contributed by atoms with Crippen LogP contribution in [0.5, 0.6) is 0 Å². The van der Waals surface area contributed by atoms with Crippen LogP contribution in [-0.2, 0) is 16.1 Å². The number of anilines is 1. The standard InChI is InChI=1S/C25H26N2O4/c1-16-13-23(17(2)27(16)15-20-9-6-5-7-10-20)25(30)31-19(4)24(29)26-22-12-8-11-21(14-22)18(3)28/h5-14,19H,15H2,1-4H3,(H,26,29). The number of carbonyl (C=O) groups excluding carboxylic acids is 3. The van der Waals surface area contributed by atoms with Crippen LogP contribution >= 0.6 is 0 Å². The van der Waals surface area contributed by atoms with Gasteiger partial charge in [0.25, 0.3) is 5.91 Å². The number of esters is 1. The number of benzene rings is 2. The molecule has 1 atom stereocenters. The van der Waals surface area contributed by atoms with E-state index in [1.165, 1.54) is 13.8 Å². The van der Waals surface area contributed by atoms with Crippen molar-refractivity contribution >= 4 is 23.3 Å². The number of aryl methyl sites for hydroxylation is 1. The molecule has 0 spiro atoms. The van der Waals surface area contributed by atoms with Crippen molar-refractivity contribution in [3.05, 3.63) is 88.7 Å². The zero-order valence-corrected chi connectivity index (χ0v) is 18.1. The summed E-state index contributed by atoms with van der Waals surface area (Å²) in [5, 5.41) is 2.68. The van der Waals surface area contributed by atoms with E-state index in [2.05, 4.69) is 5.32 Å². The van der Waals surface area contributed by atoms with Crippen LogP contribution in [0, 0.1) is 13.8 Å². The number of Topliss-reactive ketones (excluding diaryl/α,β-unsaturated/α-hetero) is 1. The van der Waals surface area contributed by atoms with Crippen molar-refractivity contribution in [1.82, 2.24) is 4.57 Å². The van der Waals surface area contributed by atoms with Crippen molar-refractivity contribution in [1.29, 1.82) is 0 Å². The maximum atomic E-state index is 12.7. The lowest BCUT2D eigenvalue weighted by Gasteiger charge is -2.14. The highest BCUT2D eigenvalue weighted by atomic mass is 16.5. The van der Waals surface area contributed by atoms with Crippen LogP contribution in [0.25, 0.3) is 0 Å². The predicted octanol–water partition coefficient (Wildman–Crippen LogP) is 4.54. The molecule has 0 saturated carbocycles. The number of hydrogen-bond donors (Lipinski definition) is 1. The fourth-order valence-electron chi connectivity index (χ4n) is 3.35. The first-order valence-electron chi connectivity index (χ1n) is 10.1. The molecule has 0 saturated heterocycles. The van der Waals surface area contributed by atoms with Gasteiger partial charge in [0.15, 0.2) is 11.9 Å². The third-order valence-electron chi connectivity index (χ3n) is 5.17. The molecule has 6 heteroatoms. The molecule has 0 aliphatic rings. The molecule has 0 radical (unpaired) electrons. The second-order valence-electron chi connectivity index (χ2n) is 7.53. The van der Waals surface area contributed by atoms with Gasteiger partial charge in [-0.1, -0.05) is 42.5 Å². The molecule has 0 bridgehead atoms. The van der Waals surface area contributed by atoms with E-state index in [1.54, 1.807) is 30.3 Å². The summed E-state index contributed by atoms with van der Waals surface area (Å²) < 4.78 is 7.46. The second-order valence-corrected chi connectivity index (χ2v) is 7.53. The van der Waals surface area contributed by atoms with Crippen molar-refractivity contribution in [3.63, 3.8) is 0 Å². The number of ether oxygens (including phenoxy) is 1. The van der Waals surface area contributed by atoms with Gasteiger partial charge in [0, 0.05) is 29.2 Å². The SMILES string of the molecule is CC(=O)c1cccc(NC(=O)C(C)OC(=O)c2cc(C)n(Cc3ccccc3)c2C)c1. The van der Waals surface area contributed by atoms with Gasteiger partial charge in [-0.15, -0.1) is 0 Å². The number of nitrogens with zero attached hydrogens (tertiary/aromatic N) is 1. The Kier molecular flexibility index (Phi) is 6.70. The highest BCUT2D eigenvalue weighted by Gasteiger charge is 2.23. The fourth-order valence-corrected chi connectivity index (χ4v) is 3.35. The van der Waals surface area contributed by atoms with E-state index in [1.807, 2.05) is 48.7 Å². The van der Waals surface area contributed by atoms with E-state index < -0.39 is 18.0 Å². The number of hydrogen-bond acceptors (Lipinski definition) is 4. The lowest BCUT2D eigenvalue weighted by molar-refractivity contribution is -0.123. The Morgan fingerprint density at radius 2 is 1.71 bits per heavy atom. The van der Waals surface area contributed by atoms with Crippen LogP contribution in [0.3, 0.4) is 0 Å². The maximum absolute atomic E-state index is 12.7. The van der Waals surface area contributed by atoms with Crippen molar-refractivity contribution in [2.75, 3.05) is 5.32 Å². The summed E-state index contributed by atoms with van der Waals surface area (Å²) in [6.45, 7) is 7.43. The summed E-state index contributed by atoms with van der Waals surface area (Å²) >= 11 is 0. The minimum atomic E-state index is -0.995. The van der Waals surface area contributed by atoms with Gasteiger partial charge in [-0.2, -0.15) is 0 Å². The summed E-state index contributed by atoms with van der Waals surface area (Å²) in [5.74, 6) is -1.11. The first kappa shape index (κ1) is 22.0. The van der Waals surface area contributed by atoms with Crippen LogP contribution in [0.2, 0.25) is 0 Å². The maximum Gasteiger partial charge on any atom is 0.340 e. The van der Waals surface area contributed by atoms with E-state index in [9.17, 15) is 14.4 Å². The van der Waals surface area contributed by atoms with Gasteiger partial charge < -0.3 is 14.6 Å². The lowest BCUT2D eigenvalue weighted by atomic mass is 10.1. The monoisotopic (exact) mass is 418 g/mol. The van der Waals surface area contributed by atoms with Gasteiger partial charge in [-0.25, -0.2) is 4.79 Å². The van der Waals surface area contributed by atoms with Crippen LogP contribution in [-0.4, -0.2) is 28.3 Å². The largest absolute Gasteiger partial charge is 0.449 e. The summed E-state index contributed by atoms with van der Waals surface area (Å²) in [4.78, 5) is 36.7. The van der Waals surface area contributed by atoms with Gasteiger partial charge in [0.2, 0.25) is 0 Å². The number of amides is 1. The van der Waals surface area contributed by atoms with Crippen molar-refractivity contribution < 1.29 is 19.1 Å². The molecular formula is C25H26N2O4. The normalized spacial score (nSPS) is 11.6. The van der Waals surface area contributed by atoms with E-state index in [0.29, 0.717) is 23.4 Å². The molecule has 0 fully saturated rings. The quantitative estimate of drug-likeness (QED) is 0.451. The molecule has 160 valence electrons. The van der Waals surface area contributed by atoms with Crippen LogP contribution < -0.4 is 5.32 Å². The average Bonchev–Trinajstić information content (AvgIpc) is 3.03. The molecular weight excluding hydrogens is 392 g/mol. The number of rotatable bonds is 7. The van der Waals surface area contributed by atoms with E-state index in [4.69, 9.17) is 4.74 Å². The zero-order chi connectivity index (χ0) is 22.5. The average molecular weight is 418 g/mol. The molecule has 0 aliphatic carbocycles. The Morgan fingerprint density at radius 3 is 2.39 bits per heavy atom. The first-order chi connectivity index (χ1) is 14.8. The molecule has 1 unspecified atom stereocenters. The third-order valence-corrected chi connectivity index (χ3v) is 5.17. The van der Waals surface area contributed by atoms with Crippen molar-refractivity contribution in [2.24, 2.45) is 0 Å². The lowest BCUT2D eigenvalue weighted by Crippen LogP contribution is -2.30. The van der Waals surface area contributed by atoms with Crippen LogP contribution in [0.4, 0.5) is 5.69 Å². The molecule has 0 aliphatic heterocycles. The van der Waals surface area contributed by atoms with E-state index in [-0.39, 0.29) is 5.78 Å². The third kappa shape index (κ3) is 5.28. The molecule has 31 heavy (non-hydrogen) atoms. The Hall–Kier alpha value is -3.67. The Labute approximate surface area is 181 Å². The highest BCUT2D eigenvalue weighted by molar-refractivity contribution is 5.99. The van der Waals surface area contributed by atoms with E-state index >= 15 is 0 Å². The molecule has 1 amide bonds. The Morgan fingerprint density at radius 1 is 1.00 bits per heavy atom. The summed E-state index contributed by atoms with van der Waals surface area (Å²) in [6, 6.07) is 18.4. The number of carbonyl (C=O) groups is 3. The first-order valence-corrected chi connectivity index (χ1v) is 10.1. The van der Waals surface area contributed by atoms with Gasteiger partial charge in [0.05, 0.1) is 5.56 Å². The van der Waals surface area contributed by atoms with Gasteiger partial charge in [-0.3, -0.25) is 9.59 Å². The Bertz CT molecular complexity index is 1120. The minimum absolute atomic E-state index is 0.0959. The zero-order valence-electron chi connectivity index (χ0n) is 18.1. The summed E-state index contributed by atoms with van der Waals surface area (Å²) in [5.41, 5.74) is 4.26. The smallest absolute Gasteiger partial charge is 0.340 e. The number of aromatic nitrogens is 1. The molecule has 1 aromatic heterocycles. The van der Waals surface area contributed by atoms with Crippen LogP contribution in [0.15, 0.2) is 60.7 Å². The van der Waals surface area contributed by atoms with E-state index in [0.717, 1.165) is 17.0 Å². The molecule has 1 N–H and O–H groups in total. The second kappa shape index (κ2) is 9.43. The number of ketones is 1. The van der Waals surface area contributed by atoms with Gasteiger partial charge >= 0.3 is 5.97 Å². The van der Waals surface area contributed by atoms with Crippen molar-refractivity contribution in [2.45, 2.75) is 40.3 Å². The molecule has 3 rings (SSSR count). The van der Waals surface area contributed by atoms with Crippen LogP contribution in [0.1, 0.15) is 51.5 Å². The predicted molar refractivity (Wildman–Crippen MR) is 119 cm³/mol. The summed E-state index contributed by atoms with van der Waals surface area (Å²) in [6.07, 6.45) is -0.995. The fraction of sp³-hybridized carbons (Fsp3) is 0.240. The molecule has 1 heterocycles. The topological polar surface area (TPSA) is 77.4 Å². The molecule has 3 aromatic rings. The van der Waals surface area contributed by atoms with Crippen molar-refractivity contribution in [3.8, 4) is 0 Å².